The third kappa shape index (κ3) is 27.7. The number of carboxylic acid groups (broad SMARTS) is 3. The maximum absolute atomic E-state index is 14.8. The van der Waals surface area contributed by atoms with Gasteiger partial charge in [0.25, 0.3) is 0 Å². The summed E-state index contributed by atoms with van der Waals surface area (Å²) in [6.07, 6.45) is 11.8. The molecule has 0 aromatic heterocycles. The molecule has 780 valence electrons. The molecule has 0 heterocycles. The third-order valence-corrected chi connectivity index (χ3v) is 31.6. The number of alkyl halides is 3. The Kier molecular flexibility index (Phi) is 36.3. The van der Waals surface area contributed by atoms with Crippen LogP contribution in [-0.4, -0.2) is 130 Å². The summed E-state index contributed by atoms with van der Waals surface area (Å²) in [6.45, 7) is -0.943. The van der Waals surface area contributed by atoms with Crippen LogP contribution in [-0.2, 0) is 83.7 Å². The van der Waals surface area contributed by atoms with Crippen LogP contribution in [0.3, 0.4) is 0 Å². The van der Waals surface area contributed by atoms with Gasteiger partial charge in [-0.2, -0.15) is 12.9 Å². The predicted molar refractivity (Wildman–Crippen MR) is 528 cm³/mol. The highest BCUT2D eigenvalue weighted by Gasteiger charge is 2.39. The number of rotatable bonds is 34. The van der Waals surface area contributed by atoms with E-state index >= 15 is 0 Å². The average Bonchev–Trinajstić information content (AvgIpc) is 0.783. The highest BCUT2D eigenvalue weighted by atomic mass is 32.2. The average molecular weight is 2110 g/mol. The number of aromatic carboxylic acids is 3. The standard InChI is InChI=1S/C37H37F3N2O7S.2C36H34F4N2O6S/c1-25-11-18-31(19-12-25)50(47,48)41(23-29-9-5-6-10-34(29)49-37(38,39)40)24-35(44)42(30-17-20-32(36(45)46)33(43)21-30)22-26-13-15-28(16-14-26)27-7-3-2-4-8-27;1-22-7-14-28(15-8-22)49(47,48)41(20-26-17-30(37)34(39)35(40)33(26)38)21-32(44)42(27-13-16-29(36(45)46)31(43)18-27)19-23-9-11-25(12-10-23)24-5-3-2-4-6-24;1-22-7-14-27(15-8-22)49(47,48)41(20-29-30(37)18-31(38)35(40)34(29)39)21-33(44)42(26-13-16-28(36(45)46)32(43)17-26)19-23-9-11-25(12-10-23)24-5-3-2-4-6-24/h5-6,9-21,27,43H,2-4,7-8,22-24H2,1H3,(H,45,46);2*7-18,24,43H,2-6,19-21H2,1H3,(H,45,46). The zero-order valence-electron chi connectivity index (χ0n) is 80.3. The number of benzene rings is 12. The van der Waals surface area contributed by atoms with Gasteiger partial charge in [-0.3, -0.25) is 14.4 Å². The molecule has 3 aliphatic carbocycles. The monoisotopic (exact) mass is 2110 g/mol. The molecule has 25 nitrogen and oxygen atoms in total. The molecule has 12 aromatic rings. The van der Waals surface area contributed by atoms with Gasteiger partial charge in [-0.05, 0) is 195 Å². The minimum atomic E-state index is -5.06. The van der Waals surface area contributed by atoms with Crippen molar-refractivity contribution in [2.24, 2.45) is 0 Å². The quantitative estimate of drug-likeness (QED) is 0.0124. The molecule has 6 N–H and O–H groups in total. The van der Waals surface area contributed by atoms with E-state index in [2.05, 4.69) is 4.74 Å². The number of sulfonamides is 3. The SMILES string of the molecule is Cc1ccc(S(=O)(=O)N(CC(=O)N(Cc2ccc(C3CCCCC3)cc2)c2ccc(C(=O)O)c(O)c2)Cc2c(F)cc(F)c(F)c2F)cc1.Cc1ccc(S(=O)(=O)N(CC(=O)N(Cc2ccc(C3CCCCC3)cc2)c2ccc(C(=O)O)c(O)c2)Cc2cc(F)c(F)c(F)c2F)cc1.Cc1ccc(S(=O)(=O)N(CC(=O)N(Cc2ccc(C3CCCCC3)cc2)c2ccc(C(=O)O)c(O)c2)Cc2ccccc2OC(F)(F)F)cc1. The Hall–Kier alpha value is -14.4. The van der Waals surface area contributed by atoms with Gasteiger partial charge < -0.3 is 50.1 Å². The Morgan fingerprint density at radius 2 is 0.622 bits per heavy atom. The van der Waals surface area contributed by atoms with Crippen molar-refractivity contribution in [3.63, 3.8) is 0 Å². The minimum Gasteiger partial charge on any atom is -0.507 e. The van der Waals surface area contributed by atoms with Crippen LogP contribution in [0.5, 0.6) is 23.0 Å². The lowest BCUT2D eigenvalue weighted by Crippen LogP contribution is -2.43. The van der Waals surface area contributed by atoms with Crippen molar-refractivity contribution in [2.75, 3.05) is 34.3 Å². The summed E-state index contributed by atoms with van der Waals surface area (Å²) in [5, 5.41) is 59.7. The predicted octanol–water partition coefficient (Wildman–Crippen LogP) is 22.6. The molecule has 12 aromatic carbocycles. The fourth-order valence-corrected chi connectivity index (χ4v) is 22.1. The van der Waals surface area contributed by atoms with Crippen molar-refractivity contribution >= 4 is 82.8 Å². The Morgan fingerprint density at radius 1 is 0.324 bits per heavy atom. The summed E-state index contributed by atoms with van der Waals surface area (Å²) >= 11 is 0. The molecule has 148 heavy (non-hydrogen) atoms. The van der Waals surface area contributed by atoms with Crippen LogP contribution in [0.15, 0.2) is 251 Å². The number of carbonyl (C=O) groups excluding carboxylic acids is 3. The molecule has 3 aliphatic rings. The molecule has 0 unspecified atom stereocenters. The van der Waals surface area contributed by atoms with E-state index in [0.717, 1.165) is 150 Å². The Labute approximate surface area is 847 Å². The van der Waals surface area contributed by atoms with Crippen molar-refractivity contribution in [1.29, 1.82) is 0 Å². The van der Waals surface area contributed by atoms with Crippen molar-refractivity contribution in [3.8, 4) is 23.0 Å². The number of carbonyl (C=O) groups is 6. The number of anilines is 3. The van der Waals surface area contributed by atoms with Crippen molar-refractivity contribution in [3.05, 3.63) is 367 Å². The van der Waals surface area contributed by atoms with Gasteiger partial charge in [-0.25, -0.2) is 74.8 Å². The summed E-state index contributed by atoms with van der Waals surface area (Å²) in [5.41, 5.74) is 4.24. The summed E-state index contributed by atoms with van der Waals surface area (Å²) in [4.78, 5) is 79.8. The van der Waals surface area contributed by atoms with E-state index in [9.17, 15) is 133 Å². The lowest BCUT2D eigenvalue weighted by Gasteiger charge is -2.28. The molecule has 0 saturated heterocycles. The van der Waals surface area contributed by atoms with Gasteiger partial charge in [0.2, 0.25) is 47.8 Å². The first-order chi connectivity index (χ1) is 70.2. The summed E-state index contributed by atoms with van der Waals surface area (Å²) in [5.74, 6) is -23.3. The van der Waals surface area contributed by atoms with Gasteiger partial charge in [-0.1, -0.05) is 202 Å². The number of aromatic hydroxyl groups is 3. The molecule has 0 aliphatic heterocycles. The second-order valence-corrected chi connectivity index (χ2v) is 42.3. The molecule has 3 saturated carbocycles. The normalized spacial score (nSPS) is 13.9. The van der Waals surface area contributed by atoms with Crippen LogP contribution in [0.2, 0.25) is 0 Å². The second kappa shape index (κ2) is 48.5. The highest BCUT2D eigenvalue weighted by Crippen LogP contribution is 2.41. The largest absolute Gasteiger partial charge is 0.573 e. The number of aryl methyl sites for hydroxylation is 3. The van der Waals surface area contributed by atoms with E-state index in [1.54, 1.807) is 32.9 Å². The van der Waals surface area contributed by atoms with E-state index in [4.69, 9.17) is 0 Å². The molecule has 39 heteroatoms. The maximum Gasteiger partial charge on any atom is 0.573 e. The van der Waals surface area contributed by atoms with Crippen LogP contribution in [0.1, 0.15) is 212 Å². The molecule has 15 rings (SSSR count). The Morgan fingerprint density at radius 3 is 0.932 bits per heavy atom. The third-order valence-electron chi connectivity index (χ3n) is 26.2. The molecule has 3 fully saturated rings. The van der Waals surface area contributed by atoms with Gasteiger partial charge in [0.1, 0.15) is 45.5 Å². The Balaban J connectivity index is 0.000000185. The van der Waals surface area contributed by atoms with Gasteiger partial charge in [0.05, 0.1) is 54.0 Å². The van der Waals surface area contributed by atoms with Gasteiger partial charge in [0, 0.05) is 77.7 Å². The number of halogens is 11. The van der Waals surface area contributed by atoms with Crippen LogP contribution < -0.4 is 19.4 Å². The van der Waals surface area contributed by atoms with E-state index in [-0.39, 0.29) is 63.0 Å². The lowest BCUT2D eigenvalue weighted by molar-refractivity contribution is -0.275. The number of nitrogens with zero attached hydrogens (tertiary/aromatic N) is 6. The molecular weight excluding hydrogens is 2000 g/mol. The van der Waals surface area contributed by atoms with Gasteiger partial charge >= 0.3 is 24.3 Å². The number of ether oxygens (including phenoxy) is 1. The molecular formula is C109H105F11N6O19S3. The van der Waals surface area contributed by atoms with Crippen LogP contribution in [0.4, 0.5) is 65.4 Å². The van der Waals surface area contributed by atoms with Crippen LogP contribution in [0, 0.1) is 67.3 Å². The topological polar surface area (TPSA) is 355 Å². The molecule has 3 amide bonds. The van der Waals surface area contributed by atoms with Gasteiger partial charge in [-0.15, -0.1) is 13.2 Å². The molecule has 0 bridgehead atoms. The Bertz CT molecular complexity index is 7210. The van der Waals surface area contributed by atoms with Crippen molar-refractivity contribution < 1.29 is 138 Å². The molecule has 0 spiro atoms. The van der Waals surface area contributed by atoms with Crippen molar-refractivity contribution in [1.82, 2.24) is 12.9 Å². The van der Waals surface area contributed by atoms with Crippen LogP contribution >= 0.6 is 0 Å². The number of hydrogen-bond donors (Lipinski definition) is 6. The summed E-state index contributed by atoms with van der Waals surface area (Å²) in [7, 11) is -13.8. The second-order valence-electron chi connectivity index (χ2n) is 36.5. The number of amides is 3. The maximum atomic E-state index is 14.8. The highest BCUT2D eigenvalue weighted by molar-refractivity contribution is 7.89. The van der Waals surface area contributed by atoms with E-state index in [1.165, 1.54) is 127 Å². The first-order valence-corrected chi connectivity index (χ1v) is 51.6. The number of phenols is 3. The summed E-state index contributed by atoms with van der Waals surface area (Å²) in [6, 6.07) is 55.2. The van der Waals surface area contributed by atoms with E-state index in [0.29, 0.717) is 60.2 Å². The number of carboxylic acids is 3. The molecule has 0 atom stereocenters. The minimum absolute atomic E-state index is 0.00160. The van der Waals surface area contributed by atoms with E-state index < -0.39 is 209 Å². The number of hydrogen-bond acceptors (Lipinski definition) is 16. The first-order valence-electron chi connectivity index (χ1n) is 47.3. The van der Waals surface area contributed by atoms with Crippen LogP contribution in [0.25, 0.3) is 0 Å². The van der Waals surface area contributed by atoms with Gasteiger partial charge in [0.15, 0.2) is 40.7 Å². The fourth-order valence-electron chi connectivity index (χ4n) is 18.0. The van der Waals surface area contributed by atoms with Crippen molar-refractivity contribution in [2.45, 2.75) is 195 Å². The smallest absolute Gasteiger partial charge is 0.507 e. The first kappa shape index (κ1) is 111. The fraction of sp³-hybridized carbons (Fsp3) is 0.284. The lowest BCUT2D eigenvalue weighted by atomic mass is 9.84. The zero-order chi connectivity index (χ0) is 107. The zero-order valence-corrected chi connectivity index (χ0v) is 82.7. The molecule has 0 radical (unpaired) electrons. The number of para-hydroxylation sites is 1. The summed E-state index contributed by atoms with van der Waals surface area (Å²) < 4.78 is 244. The van der Waals surface area contributed by atoms with E-state index in [1.807, 2.05) is 72.8 Å².